The molecule has 1 aliphatic rings. The normalized spacial score (nSPS) is 18.4. The van der Waals surface area contributed by atoms with Gasteiger partial charge in [0, 0.05) is 32.4 Å². The molecular weight excluding hydrogens is 494 g/mol. The fourth-order valence-corrected chi connectivity index (χ4v) is 6.99. The second kappa shape index (κ2) is 10.1. The molecule has 9 heteroatoms. The first-order valence-corrected chi connectivity index (χ1v) is 12.9. The highest BCUT2D eigenvalue weighted by molar-refractivity contribution is 9.10. The van der Waals surface area contributed by atoms with E-state index in [1.54, 1.807) is 17.5 Å². The fraction of sp³-hybridized carbons (Fsp3) is 0.522. The number of anilines is 1. The predicted octanol–water partition coefficient (Wildman–Crippen LogP) is 4.54. The monoisotopic (exact) mass is 525 g/mol. The number of nitrogens with one attached hydrogen (secondary N) is 1. The molecule has 1 atom stereocenters. The highest BCUT2D eigenvalue weighted by atomic mass is 79.9. The minimum atomic E-state index is -3.60. The summed E-state index contributed by atoms with van der Waals surface area (Å²) in [6.45, 7) is 10.5. The summed E-state index contributed by atoms with van der Waals surface area (Å²) in [5.41, 5.74) is 1.02. The van der Waals surface area contributed by atoms with Gasteiger partial charge in [0.15, 0.2) is 0 Å². The molecule has 1 aromatic carbocycles. The Kier molecular flexibility index (Phi) is 7.85. The van der Waals surface area contributed by atoms with Crippen molar-refractivity contribution in [2.75, 3.05) is 32.2 Å². The molecule has 176 valence electrons. The molecule has 2 aromatic rings. The molecule has 0 saturated carbocycles. The van der Waals surface area contributed by atoms with Crippen LogP contribution >= 0.6 is 15.9 Å². The molecule has 1 N–H and O–H groups in total. The molecule has 3 rings (SSSR count). The lowest BCUT2D eigenvalue weighted by Gasteiger charge is -2.55. The van der Waals surface area contributed by atoms with E-state index >= 15 is 0 Å². The first-order valence-electron chi connectivity index (χ1n) is 10.7. The molecule has 1 aliphatic heterocycles. The Morgan fingerprint density at radius 2 is 1.94 bits per heavy atom. The van der Waals surface area contributed by atoms with Crippen molar-refractivity contribution >= 4 is 31.8 Å². The van der Waals surface area contributed by atoms with E-state index in [1.165, 1.54) is 6.20 Å². The van der Waals surface area contributed by atoms with Crippen molar-refractivity contribution in [1.82, 2.24) is 9.29 Å². The maximum absolute atomic E-state index is 13.2. The highest BCUT2D eigenvalue weighted by Crippen LogP contribution is 2.44. The largest absolute Gasteiger partial charge is 0.491 e. The molecule has 1 fully saturated rings. The molecule has 0 spiro atoms. The molecule has 0 aliphatic carbocycles. The van der Waals surface area contributed by atoms with Gasteiger partial charge in [-0.3, -0.25) is 0 Å². The second-order valence-corrected chi connectivity index (χ2v) is 11.8. The van der Waals surface area contributed by atoms with Gasteiger partial charge in [0.25, 0.3) is 0 Å². The van der Waals surface area contributed by atoms with Gasteiger partial charge < -0.3 is 14.8 Å². The number of hydrogen-bond acceptors (Lipinski definition) is 6. The summed E-state index contributed by atoms with van der Waals surface area (Å²) >= 11 is 3.48. The number of hydrogen-bond donors (Lipinski definition) is 1. The van der Waals surface area contributed by atoms with Crippen molar-refractivity contribution in [3.8, 4) is 5.75 Å². The topological polar surface area (TPSA) is 80.8 Å². The number of ether oxygens (including phenoxy) is 2. The number of sulfonamides is 1. The lowest BCUT2D eigenvalue weighted by atomic mass is 9.72. The van der Waals surface area contributed by atoms with Gasteiger partial charge in [-0.2, -0.15) is 4.31 Å². The van der Waals surface area contributed by atoms with Crippen LogP contribution in [0.25, 0.3) is 0 Å². The van der Waals surface area contributed by atoms with Crippen LogP contribution in [-0.2, 0) is 21.3 Å². The Labute approximate surface area is 199 Å². The zero-order chi connectivity index (χ0) is 23.5. The summed E-state index contributed by atoms with van der Waals surface area (Å²) < 4.78 is 39.2. The van der Waals surface area contributed by atoms with Crippen LogP contribution in [0.4, 0.5) is 5.82 Å². The van der Waals surface area contributed by atoms with Gasteiger partial charge in [-0.15, -0.1) is 0 Å². The van der Waals surface area contributed by atoms with Gasteiger partial charge >= 0.3 is 0 Å². The van der Waals surface area contributed by atoms with Crippen LogP contribution in [-0.4, -0.2) is 50.6 Å². The van der Waals surface area contributed by atoms with E-state index in [1.807, 2.05) is 24.3 Å². The van der Waals surface area contributed by atoms with E-state index in [9.17, 15) is 8.42 Å². The fourth-order valence-electron chi connectivity index (χ4n) is 4.30. The van der Waals surface area contributed by atoms with Crippen LogP contribution in [0.2, 0.25) is 0 Å². The van der Waals surface area contributed by atoms with Crippen LogP contribution in [0.5, 0.6) is 5.75 Å². The number of nitrogens with zero attached hydrogens (tertiary/aromatic N) is 2. The lowest BCUT2D eigenvalue weighted by Crippen LogP contribution is -2.65. The number of aromatic nitrogens is 1. The number of benzene rings is 1. The number of pyridine rings is 1. The molecule has 1 aromatic heterocycles. The van der Waals surface area contributed by atoms with Crippen molar-refractivity contribution in [2.45, 2.75) is 45.2 Å². The standard InChI is InChI=1S/C23H32BrN3O4S/c1-16(2)21-23(3,4)15-27(21)32(28,29)19-12-20(24)22(26-14-19)25-13-17-6-8-18(9-7-17)31-11-10-30-5/h6-9,12,14,16,21H,10-11,13,15H2,1-5H3,(H,25,26). The number of halogens is 1. The van der Waals surface area contributed by atoms with E-state index in [2.05, 4.69) is 53.9 Å². The maximum atomic E-state index is 13.2. The summed E-state index contributed by atoms with van der Waals surface area (Å²) in [5.74, 6) is 1.62. The zero-order valence-corrected chi connectivity index (χ0v) is 21.7. The average Bonchev–Trinajstić information content (AvgIpc) is 2.72. The first-order chi connectivity index (χ1) is 15.1. The number of rotatable bonds is 10. The van der Waals surface area contributed by atoms with Gasteiger partial charge in [0.2, 0.25) is 10.0 Å². The summed E-state index contributed by atoms with van der Waals surface area (Å²) in [6.07, 6.45) is 1.43. The molecule has 0 radical (unpaired) electrons. The lowest BCUT2D eigenvalue weighted by molar-refractivity contribution is -0.00925. The van der Waals surface area contributed by atoms with E-state index < -0.39 is 10.0 Å². The van der Waals surface area contributed by atoms with Crippen molar-refractivity contribution < 1.29 is 17.9 Å². The molecule has 1 saturated heterocycles. The minimum Gasteiger partial charge on any atom is -0.491 e. The van der Waals surface area contributed by atoms with Crippen LogP contribution in [0.3, 0.4) is 0 Å². The van der Waals surface area contributed by atoms with Crippen LogP contribution in [0.15, 0.2) is 45.9 Å². The SMILES string of the molecule is COCCOc1ccc(CNc2ncc(S(=O)(=O)N3CC(C)(C)C3C(C)C)cc2Br)cc1. The molecule has 1 unspecified atom stereocenters. The third-order valence-electron chi connectivity index (χ3n) is 5.67. The summed E-state index contributed by atoms with van der Waals surface area (Å²) in [6, 6.07) is 9.36. The van der Waals surface area contributed by atoms with Crippen molar-refractivity contribution in [3.05, 3.63) is 46.6 Å². The Morgan fingerprint density at radius 1 is 1.25 bits per heavy atom. The maximum Gasteiger partial charge on any atom is 0.244 e. The van der Waals surface area contributed by atoms with Crippen LogP contribution in [0.1, 0.15) is 33.3 Å². The molecule has 32 heavy (non-hydrogen) atoms. The Bertz CT molecular complexity index is 1030. The predicted molar refractivity (Wildman–Crippen MR) is 129 cm³/mol. The van der Waals surface area contributed by atoms with Gasteiger partial charge in [0.05, 0.1) is 11.1 Å². The molecule has 2 heterocycles. The van der Waals surface area contributed by atoms with Gasteiger partial charge in [-0.1, -0.05) is 39.8 Å². The minimum absolute atomic E-state index is 0.0227. The number of methoxy groups -OCH3 is 1. The third kappa shape index (κ3) is 5.44. The summed E-state index contributed by atoms with van der Waals surface area (Å²) in [7, 11) is -1.96. The van der Waals surface area contributed by atoms with Crippen molar-refractivity contribution in [3.63, 3.8) is 0 Å². The Balaban J connectivity index is 1.65. The summed E-state index contributed by atoms with van der Waals surface area (Å²) in [4.78, 5) is 4.57. The van der Waals surface area contributed by atoms with Gasteiger partial charge in [-0.25, -0.2) is 13.4 Å². The smallest absolute Gasteiger partial charge is 0.244 e. The third-order valence-corrected chi connectivity index (χ3v) is 8.07. The Morgan fingerprint density at radius 3 is 2.50 bits per heavy atom. The van der Waals surface area contributed by atoms with E-state index in [4.69, 9.17) is 9.47 Å². The van der Waals surface area contributed by atoms with Crippen molar-refractivity contribution in [2.24, 2.45) is 11.3 Å². The summed E-state index contributed by atoms with van der Waals surface area (Å²) in [5, 5.41) is 3.25. The van der Waals surface area contributed by atoms with Crippen molar-refractivity contribution in [1.29, 1.82) is 0 Å². The molecule has 0 bridgehead atoms. The highest BCUT2D eigenvalue weighted by Gasteiger charge is 2.52. The van der Waals surface area contributed by atoms with E-state index in [0.29, 0.717) is 36.6 Å². The molecular formula is C23H32BrN3O4S. The van der Waals surface area contributed by atoms with Gasteiger partial charge in [0.1, 0.15) is 23.1 Å². The van der Waals surface area contributed by atoms with E-state index in [0.717, 1.165) is 11.3 Å². The van der Waals surface area contributed by atoms with Gasteiger partial charge in [-0.05, 0) is 51.0 Å². The second-order valence-electron chi connectivity index (χ2n) is 9.07. The van der Waals surface area contributed by atoms with Crippen LogP contribution < -0.4 is 10.1 Å². The average molecular weight is 526 g/mol. The Hall–Kier alpha value is -1.68. The molecule has 7 nitrogen and oxygen atoms in total. The van der Waals surface area contributed by atoms with Crippen LogP contribution in [0, 0.1) is 11.3 Å². The zero-order valence-electron chi connectivity index (χ0n) is 19.3. The first kappa shape index (κ1) is 25.0. The quantitative estimate of drug-likeness (QED) is 0.458. The van der Waals surface area contributed by atoms with E-state index in [-0.39, 0.29) is 22.3 Å². The molecule has 0 amide bonds.